The summed E-state index contributed by atoms with van der Waals surface area (Å²) in [6, 6.07) is 0.0965. The SMILES string of the molecule is Fc1cnc(Cl)nc1NC1CCCOC1. The van der Waals surface area contributed by atoms with E-state index in [-0.39, 0.29) is 17.1 Å². The van der Waals surface area contributed by atoms with Gasteiger partial charge in [0, 0.05) is 6.61 Å². The van der Waals surface area contributed by atoms with Gasteiger partial charge < -0.3 is 10.1 Å². The summed E-state index contributed by atoms with van der Waals surface area (Å²) in [5.74, 6) is -0.351. The number of rotatable bonds is 2. The van der Waals surface area contributed by atoms with Crippen LogP contribution < -0.4 is 5.32 Å². The molecule has 0 bridgehead atoms. The lowest BCUT2D eigenvalue weighted by Crippen LogP contribution is -2.30. The van der Waals surface area contributed by atoms with Crippen molar-refractivity contribution in [2.75, 3.05) is 18.5 Å². The molecule has 2 rings (SSSR count). The van der Waals surface area contributed by atoms with Crippen molar-refractivity contribution in [1.29, 1.82) is 0 Å². The first kappa shape index (κ1) is 10.6. The summed E-state index contributed by atoms with van der Waals surface area (Å²) >= 11 is 5.57. The van der Waals surface area contributed by atoms with Gasteiger partial charge in [0.25, 0.3) is 0 Å². The van der Waals surface area contributed by atoms with Gasteiger partial charge in [0.2, 0.25) is 5.28 Å². The summed E-state index contributed by atoms with van der Waals surface area (Å²) in [5.41, 5.74) is 0. The number of halogens is 2. The fourth-order valence-corrected chi connectivity index (χ4v) is 1.63. The first-order valence-electron chi connectivity index (χ1n) is 4.78. The van der Waals surface area contributed by atoms with E-state index in [1.54, 1.807) is 0 Å². The highest BCUT2D eigenvalue weighted by atomic mass is 35.5. The predicted molar refractivity (Wildman–Crippen MR) is 54.5 cm³/mol. The minimum atomic E-state index is -0.495. The molecule has 1 aliphatic rings. The van der Waals surface area contributed by atoms with Crippen LogP contribution >= 0.6 is 11.6 Å². The van der Waals surface area contributed by atoms with Crippen molar-refractivity contribution < 1.29 is 9.13 Å². The average Bonchev–Trinajstić information content (AvgIpc) is 2.25. The number of anilines is 1. The van der Waals surface area contributed by atoms with Crippen LogP contribution in [0.15, 0.2) is 6.20 Å². The molecule has 2 heterocycles. The number of hydrogen-bond acceptors (Lipinski definition) is 4. The van der Waals surface area contributed by atoms with Crippen molar-refractivity contribution in [3.8, 4) is 0 Å². The fraction of sp³-hybridized carbons (Fsp3) is 0.556. The normalized spacial score (nSPS) is 21.3. The van der Waals surface area contributed by atoms with E-state index < -0.39 is 5.82 Å². The molecule has 1 atom stereocenters. The Morgan fingerprint density at radius 2 is 2.47 bits per heavy atom. The minimum absolute atomic E-state index is 0.0376. The molecule has 1 saturated heterocycles. The number of nitrogens with one attached hydrogen (secondary N) is 1. The Morgan fingerprint density at radius 1 is 1.60 bits per heavy atom. The van der Waals surface area contributed by atoms with Gasteiger partial charge in [0.1, 0.15) is 0 Å². The third-order valence-electron chi connectivity index (χ3n) is 2.22. The van der Waals surface area contributed by atoms with Crippen LogP contribution in [-0.2, 0) is 4.74 Å². The Kier molecular flexibility index (Phi) is 3.33. The second-order valence-corrected chi connectivity index (χ2v) is 3.73. The Balaban J connectivity index is 2.05. The van der Waals surface area contributed by atoms with Crippen LogP contribution in [-0.4, -0.2) is 29.2 Å². The van der Waals surface area contributed by atoms with Crippen molar-refractivity contribution >= 4 is 17.4 Å². The molecule has 0 amide bonds. The minimum Gasteiger partial charge on any atom is -0.379 e. The smallest absolute Gasteiger partial charge is 0.224 e. The summed E-state index contributed by atoms with van der Waals surface area (Å²) in [5, 5.41) is 2.99. The zero-order valence-corrected chi connectivity index (χ0v) is 8.80. The second kappa shape index (κ2) is 4.72. The number of nitrogens with zero attached hydrogens (tertiary/aromatic N) is 2. The molecule has 0 aromatic carbocycles. The zero-order chi connectivity index (χ0) is 10.7. The average molecular weight is 232 g/mol. The van der Waals surface area contributed by atoms with Gasteiger partial charge in [0.05, 0.1) is 18.8 Å². The fourth-order valence-electron chi connectivity index (χ4n) is 1.49. The van der Waals surface area contributed by atoms with Gasteiger partial charge in [0.15, 0.2) is 11.6 Å². The van der Waals surface area contributed by atoms with E-state index in [1.807, 2.05) is 0 Å². The zero-order valence-electron chi connectivity index (χ0n) is 8.04. The van der Waals surface area contributed by atoms with E-state index >= 15 is 0 Å². The summed E-state index contributed by atoms with van der Waals surface area (Å²) in [7, 11) is 0. The molecule has 1 aromatic rings. The molecule has 1 fully saturated rings. The Bertz CT molecular complexity index is 344. The monoisotopic (exact) mass is 231 g/mol. The number of hydrogen-bond donors (Lipinski definition) is 1. The van der Waals surface area contributed by atoms with Crippen LogP contribution in [0.4, 0.5) is 10.2 Å². The molecule has 82 valence electrons. The van der Waals surface area contributed by atoms with Gasteiger partial charge in [-0.3, -0.25) is 0 Å². The molecule has 0 aliphatic carbocycles. The van der Waals surface area contributed by atoms with Crippen LogP contribution in [0.3, 0.4) is 0 Å². The molecule has 1 aromatic heterocycles. The molecular weight excluding hydrogens is 221 g/mol. The van der Waals surface area contributed by atoms with Gasteiger partial charge >= 0.3 is 0 Å². The highest BCUT2D eigenvalue weighted by Gasteiger charge is 2.16. The lowest BCUT2D eigenvalue weighted by molar-refractivity contribution is 0.0874. The molecule has 0 spiro atoms. The summed E-state index contributed by atoms with van der Waals surface area (Å²) < 4.78 is 18.5. The number of aromatic nitrogens is 2. The standard InChI is InChI=1S/C9H11ClFN3O/c10-9-12-4-7(11)8(14-9)13-6-2-1-3-15-5-6/h4,6H,1-3,5H2,(H,12,13,14). The predicted octanol–water partition coefficient (Wildman–Crippen LogP) is 1.86. The van der Waals surface area contributed by atoms with Gasteiger partial charge in [-0.2, -0.15) is 4.98 Å². The molecule has 6 heteroatoms. The van der Waals surface area contributed by atoms with Crippen molar-refractivity contribution in [1.82, 2.24) is 9.97 Å². The Morgan fingerprint density at radius 3 is 3.20 bits per heavy atom. The first-order chi connectivity index (χ1) is 7.25. The van der Waals surface area contributed by atoms with Crippen LogP contribution in [0.5, 0.6) is 0 Å². The lowest BCUT2D eigenvalue weighted by atomic mass is 10.1. The molecule has 0 radical (unpaired) electrons. The van der Waals surface area contributed by atoms with Crippen LogP contribution in [0.1, 0.15) is 12.8 Å². The van der Waals surface area contributed by atoms with Crippen LogP contribution in [0.2, 0.25) is 5.28 Å². The Hall–Kier alpha value is -0.940. The largest absolute Gasteiger partial charge is 0.379 e. The molecule has 15 heavy (non-hydrogen) atoms. The van der Waals surface area contributed by atoms with E-state index in [0.717, 1.165) is 25.6 Å². The topological polar surface area (TPSA) is 47.0 Å². The molecule has 4 nitrogen and oxygen atoms in total. The maximum atomic E-state index is 13.2. The maximum Gasteiger partial charge on any atom is 0.224 e. The van der Waals surface area contributed by atoms with Crippen molar-refractivity contribution in [2.24, 2.45) is 0 Å². The van der Waals surface area contributed by atoms with Gasteiger partial charge in [-0.25, -0.2) is 9.37 Å². The summed E-state index contributed by atoms with van der Waals surface area (Å²) in [6.45, 7) is 1.34. The van der Waals surface area contributed by atoms with Gasteiger partial charge in [-0.1, -0.05) is 0 Å². The number of ether oxygens (including phenoxy) is 1. The van der Waals surface area contributed by atoms with Crippen molar-refractivity contribution in [2.45, 2.75) is 18.9 Å². The van der Waals surface area contributed by atoms with Crippen molar-refractivity contribution in [3.63, 3.8) is 0 Å². The highest BCUT2D eigenvalue weighted by Crippen LogP contribution is 2.16. The Labute approximate surface area is 91.8 Å². The van der Waals surface area contributed by atoms with E-state index in [1.165, 1.54) is 0 Å². The van der Waals surface area contributed by atoms with Crippen molar-refractivity contribution in [3.05, 3.63) is 17.3 Å². The summed E-state index contributed by atoms with van der Waals surface area (Å²) in [4.78, 5) is 7.32. The quantitative estimate of drug-likeness (QED) is 0.790. The first-order valence-corrected chi connectivity index (χ1v) is 5.16. The highest BCUT2D eigenvalue weighted by molar-refractivity contribution is 6.28. The van der Waals surface area contributed by atoms with Crippen LogP contribution in [0, 0.1) is 5.82 Å². The third kappa shape index (κ3) is 2.76. The molecule has 1 unspecified atom stereocenters. The molecular formula is C9H11ClFN3O. The van der Waals surface area contributed by atoms with E-state index in [0.29, 0.717) is 6.61 Å². The molecule has 1 N–H and O–H groups in total. The van der Waals surface area contributed by atoms with Crippen LogP contribution in [0.25, 0.3) is 0 Å². The van der Waals surface area contributed by atoms with E-state index in [9.17, 15) is 4.39 Å². The second-order valence-electron chi connectivity index (χ2n) is 3.39. The molecule has 1 aliphatic heterocycles. The van der Waals surface area contributed by atoms with E-state index in [2.05, 4.69) is 15.3 Å². The van der Waals surface area contributed by atoms with Gasteiger partial charge in [-0.05, 0) is 24.4 Å². The molecule has 0 saturated carbocycles. The third-order valence-corrected chi connectivity index (χ3v) is 2.40. The van der Waals surface area contributed by atoms with E-state index in [4.69, 9.17) is 16.3 Å². The van der Waals surface area contributed by atoms with Gasteiger partial charge in [-0.15, -0.1) is 0 Å². The maximum absolute atomic E-state index is 13.2. The lowest BCUT2D eigenvalue weighted by Gasteiger charge is -2.23. The summed E-state index contributed by atoms with van der Waals surface area (Å²) in [6.07, 6.45) is 2.97.